The lowest BCUT2D eigenvalue weighted by atomic mass is 10.0. The Morgan fingerprint density at radius 2 is 2.28 bits per heavy atom. The first kappa shape index (κ1) is 17.8. The van der Waals surface area contributed by atoms with Crippen LogP contribution in [0.3, 0.4) is 0 Å². The monoisotopic (exact) mass is 385 g/mol. The van der Waals surface area contributed by atoms with Gasteiger partial charge in [-0.2, -0.15) is 10.3 Å². The van der Waals surface area contributed by atoms with Crippen molar-refractivity contribution < 1.29 is 24.2 Å². The van der Waals surface area contributed by atoms with Gasteiger partial charge in [0, 0.05) is 11.5 Å². The number of aliphatic carboxylic acids is 1. The Hall–Kier alpha value is -2.05. The van der Waals surface area contributed by atoms with Gasteiger partial charge in [-0.25, -0.2) is 4.79 Å². The molecule has 10 nitrogen and oxygen atoms in total. The van der Waals surface area contributed by atoms with E-state index in [1.54, 1.807) is 0 Å². The van der Waals surface area contributed by atoms with Crippen LogP contribution in [0, 0.1) is 0 Å². The Morgan fingerprint density at radius 1 is 1.52 bits per heavy atom. The molecule has 3 rings (SSSR count). The number of aromatic amines is 1. The van der Waals surface area contributed by atoms with Gasteiger partial charge in [0.05, 0.1) is 13.5 Å². The number of fused-ring (bicyclic) bond motifs is 1. The first-order valence-corrected chi connectivity index (χ1v) is 9.22. The highest BCUT2D eigenvalue weighted by atomic mass is 32.2. The molecule has 3 heterocycles. The Labute approximate surface area is 150 Å². The highest BCUT2D eigenvalue weighted by molar-refractivity contribution is 8.01. The number of carboxylic acids is 1. The number of nitrogens with two attached hydrogens (primary N) is 1. The van der Waals surface area contributed by atoms with Crippen molar-refractivity contribution in [3.8, 4) is 0 Å². The van der Waals surface area contributed by atoms with Crippen LogP contribution in [0.4, 0.5) is 0 Å². The van der Waals surface area contributed by atoms with E-state index in [2.05, 4.69) is 20.1 Å². The van der Waals surface area contributed by atoms with Gasteiger partial charge in [0.25, 0.3) is 0 Å². The lowest BCUT2D eigenvalue weighted by Crippen LogP contribution is -2.68. The van der Waals surface area contributed by atoms with Gasteiger partial charge in [0.1, 0.15) is 27.8 Å². The predicted octanol–water partition coefficient (Wildman–Crippen LogP) is -0.807. The topological polar surface area (TPSA) is 152 Å². The predicted molar refractivity (Wildman–Crippen MR) is 88.6 cm³/mol. The third-order valence-corrected chi connectivity index (χ3v) is 6.25. The summed E-state index contributed by atoms with van der Waals surface area (Å²) in [6.07, 6.45) is -0.0313. The second-order valence-corrected chi connectivity index (χ2v) is 7.38. The van der Waals surface area contributed by atoms with Crippen LogP contribution in [-0.4, -0.2) is 73.3 Å². The van der Waals surface area contributed by atoms with Crippen LogP contribution in [-0.2, 0) is 25.5 Å². The lowest BCUT2D eigenvalue weighted by Gasteiger charge is -2.48. The van der Waals surface area contributed by atoms with Crippen LogP contribution in [0.15, 0.2) is 16.3 Å². The summed E-state index contributed by atoms with van der Waals surface area (Å²) in [4.78, 5) is 36.1. The number of aromatic nitrogens is 3. The molecular formula is C13H15N5O5S2. The molecule has 1 aromatic heterocycles. The van der Waals surface area contributed by atoms with Gasteiger partial charge in [-0.1, -0.05) is 11.8 Å². The zero-order valence-electron chi connectivity index (χ0n) is 13.1. The summed E-state index contributed by atoms with van der Waals surface area (Å²) < 4.78 is 4.60. The molecule has 1 fully saturated rings. The summed E-state index contributed by atoms with van der Waals surface area (Å²) in [5, 5.41) is 20.0. The molecule has 12 heteroatoms. The van der Waals surface area contributed by atoms with Gasteiger partial charge < -0.3 is 15.6 Å². The Morgan fingerprint density at radius 3 is 2.96 bits per heavy atom. The van der Waals surface area contributed by atoms with E-state index >= 15 is 0 Å². The van der Waals surface area contributed by atoms with Gasteiger partial charge in [-0.3, -0.25) is 14.5 Å². The molecule has 0 bridgehead atoms. The van der Waals surface area contributed by atoms with Crippen molar-refractivity contribution in [2.45, 2.75) is 22.9 Å². The maximum Gasteiger partial charge on any atom is 0.352 e. The maximum absolute atomic E-state index is 11.9. The summed E-state index contributed by atoms with van der Waals surface area (Å²) in [6.45, 7) is 0. The van der Waals surface area contributed by atoms with E-state index in [0.29, 0.717) is 27.8 Å². The van der Waals surface area contributed by atoms with E-state index in [4.69, 9.17) is 5.73 Å². The number of carbonyl (C=O) groups excluding carboxylic acids is 2. The Kier molecular flexibility index (Phi) is 5.01. The zero-order valence-corrected chi connectivity index (χ0v) is 14.7. The normalized spacial score (nSPS) is 22.5. The number of amides is 1. The average Bonchev–Trinajstić information content (AvgIpc) is 3.04. The van der Waals surface area contributed by atoms with Crippen LogP contribution in [0.5, 0.6) is 0 Å². The first-order chi connectivity index (χ1) is 11.9. The molecular weight excluding hydrogens is 370 g/mol. The van der Waals surface area contributed by atoms with Crippen LogP contribution in [0.1, 0.15) is 5.69 Å². The van der Waals surface area contributed by atoms with Crippen LogP contribution in [0.2, 0.25) is 0 Å². The first-order valence-electron chi connectivity index (χ1n) is 7.18. The molecule has 0 radical (unpaired) electrons. The van der Waals surface area contributed by atoms with Crippen molar-refractivity contribution in [1.82, 2.24) is 20.3 Å². The van der Waals surface area contributed by atoms with Crippen molar-refractivity contribution in [2.75, 3.05) is 18.6 Å². The number of rotatable bonds is 6. The van der Waals surface area contributed by atoms with Gasteiger partial charge in [0.15, 0.2) is 0 Å². The quantitative estimate of drug-likeness (QED) is 0.322. The number of β-lactam (4-membered cyclic amide) rings is 1. The fourth-order valence-corrected chi connectivity index (χ4v) is 4.89. The number of hydrogen-bond acceptors (Lipinski definition) is 9. The smallest absolute Gasteiger partial charge is 0.352 e. The number of nitrogens with zero attached hydrogens (tertiary/aromatic N) is 3. The minimum atomic E-state index is -1.16. The van der Waals surface area contributed by atoms with Crippen LogP contribution >= 0.6 is 23.5 Å². The molecule has 2 aliphatic rings. The summed E-state index contributed by atoms with van der Waals surface area (Å²) in [5.74, 6) is -1.22. The standard InChI is InChI=1S/C13H15N5O5S2/c1-23-7(19)2-6-10(16-17-15-6)24-3-5-4-25-12-8(14)11(20)18(12)9(5)13(21)22/h8,12H,2-4,14H2,1H3,(H,21,22)(H,15,16,17)/t8?,12-/m0/s1. The number of nitrogens with one attached hydrogen (secondary N) is 1. The van der Waals surface area contributed by atoms with E-state index in [-0.39, 0.29) is 23.4 Å². The molecule has 134 valence electrons. The number of carbonyl (C=O) groups is 3. The Bertz CT molecular complexity index is 764. The van der Waals surface area contributed by atoms with Crippen molar-refractivity contribution >= 4 is 41.4 Å². The number of methoxy groups -OCH3 is 1. The molecule has 25 heavy (non-hydrogen) atoms. The van der Waals surface area contributed by atoms with Gasteiger partial charge >= 0.3 is 11.9 Å². The molecule has 1 amide bonds. The second kappa shape index (κ2) is 7.06. The van der Waals surface area contributed by atoms with E-state index in [1.165, 1.54) is 35.5 Å². The number of hydrogen-bond donors (Lipinski definition) is 3. The van der Waals surface area contributed by atoms with Crippen molar-refractivity contribution in [1.29, 1.82) is 0 Å². The van der Waals surface area contributed by atoms with Crippen molar-refractivity contribution in [3.05, 3.63) is 17.0 Å². The van der Waals surface area contributed by atoms with Gasteiger partial charge in [-0.05, 0) is 5.57 Å². The SMILES string of the molecule is COC(=O)Cc1n[nH]nc1SCC1=C(C(=O)O)N2C(=O)C(N)[C@@H]2SC1. The van der Waals surface area contributed by atoms with E-state index < -0.39 is 18.0 Å². The lowest BCUT2D eigenvalue weighted by molar-refractivity contribution is -0.147. The largest absolute Gasteiger partial charge is 0.477 e. The minimum absolute atomic E-state index is 0.0130. The third-order valence-electron chi connectivity index (χ3n) is 3.80. The van der Waals surface area contributed by atoms with Gasteiger partial charge in [-0.15, -0.1) is 16.9 Å². The third kappa shape index (κ3) is 3.24. The molecule has 4 N–H and O–H groups in total. The van der Waals surface area contributed by atoms with Crippen molar-refractivity contribution in [3.63, 3.8) is 0 Å². The molecule has 0 aromatic carbocycles. The molecule has 1 unspecified atom stereocenters. The number of thioether (sulfide) groups is 2. The highest BCUT2D eigenvalue weighted by Gasteiger charge is 2.51. The van der Waals surface area contributed by atoms with E-state index in [0.717, 1.165) is 0 Å². The summed E-state index contributed by atoms with van der Waals surface area (Å²) >= 11 is 2.68. The Balaban J connectivity index is 1.76. The molecule has 0 spiro atoms. The van der Waals surface area contributed by atoms with Crippen molar-refractivity contribution in [2.24, 2.45) is 5.73 Å². The molecule has 2 aliphatic heterocycles. The molecule has 0 aliphatic carbocycles. The number of carboxylic acid groups (broad SMARTS) is 1. The number of H-pyrrole nitrogens is 1. The molecule has 1 aromatic rings. The minimum Gasteiger partial charge on any atom is -0.477 e. The van der Waals surface area contributed by atoms with Crippen LogP contribution < -0.4 is 5.73 Å². The summed E-state index contributed by atoms with van der Waals surface area (Å²) in [6, 6.07) is -0.657. The van der Waals surface area contributed by atoms with Gasteiger partial charge in [0.2, 0.25) is 5.91 Å². The fourth-order valence-electron chi connectivity index (χ4n) is 2.53. The number of esters is 1. The summed E-state index contributed by atoms with van der Waals surface area (Å²) in [5.41, 5.74) is 6.73. The summed E-state index contributed by atoms with van der Waals surface area (Å²) in [7, 11) is 1.28. The molecule has 2 atom stereocenters. The second-order valence-electron chi connectivity index (χ2n) is 5.31. The molecule has 0 saturated carbocycles. The highest BCUT2D eigenvalue weighted by Crippen LogP contribution is 2.40. The zero-order chi connectivity index (χ0) is 18.1. The molecule has 1 saturated heterocycles. The van der Waals surface area contributed by atoms with Crippen LogP contribution in [0.25, 0.3) is 0 Å². The van der Waals surface area contributed by atoms with E-state index in [1.807, 2.05) is 0 Å². The number of ether oxygens (including phenoxy) is 1. The maximum atomic E-state index is 11.9. The average molecular weight is 385 g/mol. The fraction of sp³-hybridized carbons (Fsp3) is 0.462. The van der Waals surface area contributed by atoms with E-state index in [9.17, 15) is 19.5 Å².